The van der Waals surface area contributed by atoms with Gasteiger partial charge in [0.25, 0.3) is 0 Å². The summed E-state index contributed by atoms with van der Waals surface area (Å²) < 4.78 is 0. The van der Waals surface area contributed by atoms with Gasteiger partial charge in [-0.1, -0.05) is 0 Å². The first kappa shape index (κ1) is 12.4. The molecule has 18 heavy (non-hydrogen) atoms. The van der Waals surface area contributed by atoms with Crippen molar-refractivity contribution in [1.82, 2.24) is 14.9 Å². The number of hydrogen-bond donors (Lipinski definition) is 3. The minimum Gasteiger partial charge on any atom is -0.383 e. The number of hydrogen-bond acceptors (Lipinski definition) is 6. The van der Waals surface area contributed by atoms with Crippen LogP contribution in [0.1, 0.15) is 19.3 Å². The van der Waals surface area contributed by atoms with Crippen LogP contribution in [0, 0.1) is 0 Å². The molecule has 0 radical (unpaired) electrons. The van der Waals surface area contributed by atoms with Crippen molar-refractivity contribution in [3.05, 3.63) is 6.07 Å². The van der Waals surface area contributed by atoms with Crippen LogP contribution in [0.4, 0.5) is 17.6 Å². The Morgan fingerprint density at radius 1 is 1.33 bits per heavy atom. The molecule has 0 saturated carbocycles. The average Bonchev–Trinajstić information content (AvgIpc) is 2.80. The molecule has 0 spiro atoms. The Labute approximate surface area is 106 Å². The van der Waals surface area contributed by atoms with E-state index in [1.54, 1.807) is 6.07 Å². The van der Waals surface area contributed by atoms with Crippen LogP contribution >= 0.6 is 0 Å². The number of anilines is 3. The van der Waals surface area contributed by atoms with Crippen molar-refractivity contribution in [1.29, 1.82) is 0 Å². The molecule has 5 N–H and O–H groups in total. The number of nitrogens with two attached hydrogens (primary N) is 2. The lowest BCUT2D eigenvalue weighted by molar-refractivity contribution is -0.129. The zero-order valence-electron chi connectivity index (χ0n) is 10.2. The molecule has 1 fully saturated rings. The normalized spacial score (nSPS) is 14.8. The number of nitrogen functional groups attached to an aromatic ring is 2. The van der Waals surface area contributed by atoms with E-state index in [1.165, 1.54) is 0 Å². The minimum atomic E-state index is 0.128. The third-order valence-electron chi connectivity index (χ3n) is 2.87. The molecule has 1 aromatic heterocycles. The van der Waals surface area contributed by atoms with Crippen LogP contribution in [0.25, 0.3) is 0 Å². The Bertz CT molecular complexity index is 409. The van der Waals surface area contributed by atoms with Gasteiger partial charge in [0.15, 0.2) is 0 Å². The van der Waals surface area contributed by atoms with Crippen LogP contribution in [0.3, 0.4) is 0 Å². The molecule has 7 nitrogen and oxygen atoms in total. The predicted molar refractivity (Wildman–Crippen MR) is 69.8 cm³/mol. The summed E-state index contributed by atoms with van der Waals surface area (Å²) in [4.78, 5) is 21.4. The van der Waals surface area contributed by atoms with E-state index in [-0.39, 0.29) is 11.9 Å². The largest absolute Gasteiger partial charge is 0.383 e. The summed E-state index contributed by atoms with van der Waals surface area (Å²) in [5.41, 5.74) is 11.0. The zero-order chi connectivity index (χ0) is 13.0. The Morgan fingerprint density at radius 3 is 2.72 bits per heavy atom. The third kappa shape index (κ3) is 3.22. The van der Waals surface area contributed by atoms with E-state index in [0.29, 0.717) is 24.6 Å². The SMILES string of the molecule is Nc1cc(NCCC(=O)N2CCCC2)nc(N)n1. The van der Waals surface area contributed by atoms with Gasteiger partial charge in [0.1, 0.15) is 11.6 Å². The van der Waals surface area contributed by atoms with Gasteiger partial charge >= 0.3 is 0 Å². The second-order valence-corrected chi connectivity index (χ2v) is 4.30. The second kappa shape index (κ2) is 5.52. The van der Waals surface area contributed by atoms with Crippen LogP contribution in [0.15, 0.2) is 6.07 Å². The van der Waals surface area contributed by atoms with Crippen molar-refractivity contribution >= 4 is 23.5 Å². The summed E-state index contributed by atoms with van der Waals surface area (Å²) in [6.07, 6.45) is 2.67. The van der Waals surface area contributed by atoms with E-state index in [0.717, 1.165) is 25.9 Å². The van der Waals surface area contributed by atoms with Gasteiger partial charge in [0, 0.05) is 32.1 Å². The van der Waals surface area contributed by atoms with E-state index < -0.39 is 0 Å². The monoisotopic (exact) mass is 250 g/mol. The van der Waals surface area contributed by atoms with Crippen molar-refractivity contribution < 1.29 is 4.79 Å². The van der Waals surface area contributed by atoms with Crippen molar-refractivity contribution in [2.75, 3.05) is 36.4 Å². The smallest absolute Gasteiger partial charge is 0.224 e. The fourth-order valence-electron chi connectivity index (χ4n) is 2.00. The Balaban J connectivity index is 1.79. The first-order valence-corrected chi connectivity index (χ1v) is 6.07. The summed E-state index contributed by atoms with van der Waals surface area (Å²) in [5, 5.41) is 3.02. The third-order valence-corrected chi connectivity index (χ3v) is 2.87. The van der Waals surface area contributed by atoms with Crippen molar-refractivity contribution in [3.63, 3.8) is 0 Å². The number of carbonyl (C=O) groups is 1. The minimum absolute atomic E-state index is 0.128. The van der Waals surface area contributed by atoms with Crippen molar-refractivity contribution in [2.24, 2.45) is 0 Å². The van der Waals surface area contributed by atoms with E-state index in [4.69, 9.17) is 11.5 Å². The summed E-state index contributed by atoms with van der Waals surface area (Å²) in [6.45, 7) is 2.28. The molecular weight excluding hydrogens is 232 g/mol. The number of carbonyl (C=O) groups excluding carboxylic acids is 1. The Hall–Kier alpha value is -2.05. The molecule has 2 rings (SSSR count). The fourth-order valence-corrected chi connectivity index (χ4v) is 2.00. The quantitative estimate of drug-likeness (QED) is 0.697. The molecule has 7 heteroatoms. The maximum atomic E-state index is 11.8. The highest BCUT2D eigenvalue weighted by molar-refractivity contribution is 5.76. The molecule has 0 atom stereocenters. The highest BCUT2D eigenvalue weighted by Gasteiger charge is 2.16. The highest BCUT2D eigenvalue weighted by Crippen LogP contribution is 2.11. The van der Waals surface area contributed by atoms with Gasteiger partial charge in [-0.05, 0) is 12.8 Å². The number of likely N-dealkylation sites (tertiary alicyclic amines) is 1. The van der Waals surface area contributed by atoms with Gasteiger partial charge < -0.3 is 21.7 Å². The summed E-state index contributed by atoms with van der Waals surface area (Å²) in [6, 6.07) is 1.59. The lowest BCUT2D eigenvalue weighted by Crippen LogP contribution is -2.29. The van der Waals surface area contributed by atoms with Crippen LogP contribution in [0.2, 0.25) is 0 Å². The van der Waals surface area contributed by atoms with Crippen molar-refractivity contribution in [3.8, 4) is 0 Å². The molecule has 1 aliphatic rings. The first-order valence-electron chi connectivity index (χ1n) is 6.07. The Morgan fingerprint density at radius 2 is 2.06 bits per heavy atom. The first-order chi connectivity index (χ1) is 8.65. The Kier molecular flexibility index (Phi) is 3.81. The topological polar surface area (TPSA) is 110 Å². The number of aromatic nitrogens is 2. The second-order valence-electron chi connectivity index (χ2n) is 4.30. The summed E-state index contributed by atoms with van der Waals surface area (Å²) in [7, 11) is 0. The van der Waals surface area contributed by atoms with E-state index in [2.05, 4.69) is 15.3 Å². The van der Waals surface area contributed by atoms with Gasteiger partial charge in [-0.3, -0.25) is 4.79 Å². The van der Waals surface area contributed by atoms with Crippen LogP contribution < -0.4 is 16.8 Å². The number of rotatable bonds is 4. The number of nitrogens with zero attached hydrogens (tertiary/aromatic N) is 3. The van der Waals surface area contributed by atoms with Gasteiger partial charge in [-0.25, -0.2) is 0 Å². The highest BCUT2D eigenvalue weighted by atomic mass is 16.2. The molecule has 0 aromatic carbocycles. The standard InChI is InChI=1S/C11H18N6O/c12-8-7-9(16-11(13)15-8)14-4-3-10(18)17-5-1-2-6-17/h7H,1-6H2,(H5,12,13,14,15,16). The molecule has 1 saturated heterocycles. The lowest BCUT2D eigenvalue weighted by Gasteiger charge is -2.15. The van der Waals surface area contributed by atoms with Crippen LogP contribution in [-0.2, 0) is 4.79 Å². The molecule has 2 heterocycles. The van der Waals surface area contributed by atoms with E-state index in [1.807, 2.05) is 4.90 Å². The predicted octanol–water partition coefficient (Wildman–Crippen LogP) is 0.0654. The molecule has 1 amide bonds. The van der Waals surface area contributed by atoms with Gasteiger partial charge in [0.2, 0.25) is 11.9 Å². The molecule has 98 valence electrons. The molecular formula is C11H18N6O. The number of amides is 1. The van der Waals surface area contributed by atoms with Gasteiger partial charge in [-0.2, -0.15) is 9.97 Å². The van der Waals surface area contributed by atoms with Crippen molar-refractivity contribution in [2.45, 2.75) is 19.3 Å². The maximum Gasteiger partial charge on any atom is 0.224 e. The zero-order valence-corrected chi connectivity index (χ0v) is 10.2. The molecule has 0 unspecified atom stereocenters. The molecule has 0 bridgehead atoms. The van der Waals surface area contributed by atoms with Crippen LogP contribution in [-0.4, -0.2) is 40.4 Å². The molecule has 1 aliphatic heterocycles. The number of nitrogens with one attached hydrogen (secondary N) is 1. The molecule has 0 aliphatic carbocycles. The molecule has 1 aromatic rings. The van der Waals surface area contributed by atoms with Gasteiger partial charge in [-0.15, -0.1) is 0 Å². The summed E-state index contributed by atoms with van der Waals surface area (Å²) in [5.74, 6) is 1.17. The fraction of sp³-hybridized carbons (Fsp3) is 0.545. The average molecular weight is 250 g/mol. The lowest BCUT2D eigenvalue weighted by atomic mass is 10.3. The summed E-state index contributed by atoms with van der Waals surface area (Å²) >= 11 is 0. The van der Waals surface area contributed by atoms with Crippen LogP contribution in [0.5, 0.6) is 0 Å². The van der Waals surface area contributed by atoms with E-state index >= 15 is 0 Å². The maximum absolute atomic E-state index is 11.8. The van der Waals surface area contributed by atoms with Gasteiger partial charge in [0.05, 0.1) is 0 Å². The van der Waals surface area contributed by atoms with E-state index in [9.17, 15) is 4.79 Å².